The molecule has 1 fully saturated rings. The third-order valence-corrected chi connectivity index (χ3v) is 2.07. The summed E-state index contributed by atoms with van der Waals surface area (Å²) in [6, 6.07) is 0. The van der Waals surface area contributed by atoms with Crippen LogP contribution in [-0.4, -0.2) is 46.3 Å². The zero-order valence-electron chi connectivity index (χ0n) is 7.23. The van der Waals surface area contributed by atoms with Crippen molar-refractivity contribution in [3.05, 3.63) is 0 Å². The van der Waals surface area contributed by atoms with E-state index in [-0.39, 0.29) is 5.91 Å². The van der Waals surface area contributed by atoms with Crippen molar-refractivity contribution in [3.63, 3.8) is 0 Å². The quantitative estimate of drug-likeness (QED) is 0.554. The molecule has 1 aliphatic heterocycles. The lowest BCUT2D eigenvalue weighted by Gasteiger charge is -2.30. The molecule has 1 rings (SSSR count). The Morgan fingerprint density at radius 1 is 1.67 bits per heavy atom. The Labute approximate surface area is 71.8 Å². The summed E-state index contributed by atoms with van der Waals surface area (Å²) in [7, 11) is 0. The van der Waals surface area contributed by atoms with Crippen molar-refractivity contribution in [1.29, 1.82) is 0 Å². The minimum absolute atomic E-state index is 0.284. The number of aliphatic hydroxyl groups excluding tert-OH is 2. The van der Waals surface area contributed by atoms with Crippen molar-refractivity contribution >= 4 is 5.91 Å². The van der Waals surface area contributed by atoms with E-state index in [4.69, 9.17) is 5.11 Å². The SMILES string of the molecule is C[C@@H](O)C(=O)N1CCCC(O)C1. The lowest BCUT2D eigenvalue weighted by atomic mass is 10.1. The van der Waals surface area contributed by atoms with Gasteiger partial charge >= 0.3 is 0 Å². The fourth-order valence-corrected chi connectivity index (χ4v) is 1.42. The number of hydrogen-bond acceptors (Lipinski definition) is 3. The van der Waals surface area contributed by atoms with Crippen LogP contribution >= 0.6 is 0 Å². The van der Waals surface area contributed by atoms with Gasteiger partial charge in [-0.1, -0.05) is 0 Å². The zero-order valence-corrected chi connectivity index (χ0v) is 7.23. The van der Waals surface area contributed by atoms with Crippen LogP contribution in [-0.2, 0) is 4.79 Å². The average molecular weight is 173 g/mol. The van der Waals surface area contributed by atoms with Crippen molar-refractivity contribution in [2.24, 2.45) is 0 Å². The van der Waals surface area contributed by atoms with Crippen LogP contribution in [0.1, 0.15) is 19.8 Å². The van der Waals surface area contributed by atoms with Gasteiger partial charge in [0.25, 0.3) is 5.91 Å². The molecule has 1 amide bonds. The lowest BCUT2D eigenvalue weighted by Crippen LogP contribution is -2.45. The van der Waals surface area contributed by atoms with E-state index >= 15 is 0 Å². The molecule has 4 heteroatoms. The molecule has 0 aliphatic carbocycles. The fraction of sp³-hybridized carbons (Fsp3) is 0.875. The molecule has 2 atom stereocenters. The van der Waals surface area contributed by atoms with Crippen molar-refractivity contribution in [2.75, 3.05) is 13.1 Å². The number of carbonyl (C=O) groups is 1. The number of likely N-dealkylation sites (tertiary alicyclic amines) is 1. The summed E-state index contributed by atoms with van der Waals surface area (Å²) in [5, 5.41) is 18.2. The molecule has 12 heavy (non-hydrogen) atoms. The highest BCUT2D eigenvalue weighted by Crippen LogP contribution is 2.10. The van der Waals surface area contributed by atoms with E-state index in [0.717, 1.165) is 12.8 Å². The second-order valence-electron chi connectivity index (χ2n) is 3.26. The number of amides is 1. The Hall–Kier alpha value is -0.610. The molecule has 4 nitrogen and oxygen atoms in total. The van der Waals surface area contributed by atoms with Crippen molar-refractivity contribution in [3.8, 4) is 0 Å². The summed E-state index contributed by atoms with van der Waals surface area (Å²) in [4.78, 5) is 12.7. The number of nitrogens with zero attached hydrogens (tertiary/aromatic N) is 1. The normalized spacial score (nSPS) is 26.9. The van der Waals surface area contributed by atoms with Crippen LogP contribution in [0.15, 0.2) is 0 Å². The van der Waals surface area contributed by atoms with Gasteiger partial charge in [0.2, 0.25) is 0 Å². The van der Waals surface area contributed by atoms with Gasteiger partial charge in [-0.2, -0.15) is 0 Å². The molecule has 1 aliphatic rings. The minimum Gasteiger partial charge on any atom is -0.391 e. The van der Waals surface area contributed by atoms with Crippen LogP contribution in [0.2, 0.25) is 0 Å². The average Bonchev–Trinajstić information content (AvgIpc) is 2.03. The van der Waals surface area contributed by atoms with E-state index in [1.54, 1.807) is 0 Å². The standard InChI is InChI=1S/C8H15NO3/c1-6(10)8(12)9-4-2-3-7(11)5-9/h6-7,10-11H,2-5H2,1H3/t6-,7?/m1/s1. The molecular formula is C8H15NO3. The molecule has 0 aromatic rings. The van der Waals surface area contributed by atoms with Gasteiger partial charge in [-0.3, -0.25) is 4.79 Å². The molecule has 0 bridgehead atoms. The van der Waals surface area contributed by atoms with E-state index in [1.165, 1.54) is 11.8 Å². The van der Waals surface area contributed by atoms with Crippen molar-refractivity contribution < 1.29 is 15.0 Å². The number of rotatable bonds is 1. The van der Waals surface area contributed by atoms with Crippen LogP contribution in [0.25, 0.3) is 0 Å². The molecule has 0 saturated carbocycles. The highest BCUT2D eigenvalue weighted by molar-refractivity contribution is 5.80. The highest BCUT2D eigenvalue weighted by Gasteiger charge is 2.24. The Morgan fingerprint density at radius 2 is 2.33 bits per heavy atom. The van der Waals surface area contributed by atoms with Gasteiger partial charge in [0, 0.05) is 13.1 Å². The summed E-state index contributed by atoms with van der Waals surface area (Å²) in [5.74, 6) is -0.284. The Bertz CT molecular complexity index is 170. The molecule has 70 valence electrons. The smallest absolute Gasteiger partial charge is 0.251 e. The summed E-state index contributed by atoms with van der Waals surface area (Å²) in [6.07, 6.45) is 0.209. The zero-order chi connectivity index (χ0) is 9.14. The topological polar surface area (TPSA) is 60.8 Å². The maximum Gasteiger partial charge on any atom is 0.251 e. The van der Waals surface area contributed by atoms with Crippen molar-refractivity contribution in [1.82, 2.24) is 4.90 Å². The van der Waals surface area contributed by atoms with Crippen LogP contribution < -0.4 is 0 Å². The molecular weight excluding hydrogens is 158 g/mol. The predicted molar refractivity (Wildman–Crippen MR) is 43.5 cm³/mol. The number of aliphatic hydroxyl groups is 2. The molecule has 0 aromatic heterocycles. The molecule has 1 unspecified atom stereocenters. The molecule has 1 heterocycles. The first-order valence-corrected chi connectivity index (χ1v) is 4.26. The van der Waals surface area contributed by atoms with E-state index in [9.17, 15) is 9.90 Å². The molecule has 1 saturated heterocycles. The third-order valence-electron chi connectivity index (χ3n) is 2.07. The van der Waals surface area contributed by atoms with Gasteiger partial charge in [0.1, 0.15) is 6.10 Å². The van der Waals surface area contributed by atoms with E-state index < -0.39 is 12.2 Å². The number of β-amino-alcohol motifs (C(OH)–C–C–N with tert-alkyl or cyclic N) is 1. The van der Waals surface area contributed by atoms with Crippen LogP contribution in [0, 0.1) is 0 Å². The van der Waals surface area contributed by atoms with Gasteiger partial charge in [-0.15, -0.1) is 0 Å². The predicted octanol–water partition coefficient (Wildman–Crippen LogP) is -0.650. The van der Waals surface area contributed by atoms with Gasteiger partial charge in [0.15, 0.2) is 0 Å². The van der Waals surface area contributed by atoms with E-state index in [1.807, 2.05) is 0 Å². The van der Waals surface area contributed by atoms with Gasteiger partial charge in [-0.05, 0) is 19.8 Å². The van der Waals surface area contributed by atoms with Crippen LogP contribution in [0.4, 0.5) is 0 Å². The second kappa shape index (κ2) is 3.87. The molecule has 2 N–H and O–H groups in total. The van der Waals surface area contributed by atoms with Crippen LogP contribution in [0.3, 0.4) is 0 Å². The first-order chi connectivity index (χ1) is 5.61. The number of carbonyl (C=O) groups excluding carboxylic acids is 1. The largest absolute Gasteiger partial charge is 0.391 e. The lowest BCUT2D eigenvalue weighted by molar-refractivity contribution is -0.142. The fourth-order valence-electron chi connectivity index (χ4n) is 1.42. The van der Waals surface area contributed by atoms with Crippen molar-refractivity contribution in [2.45, 2.75) is 32.0 Å². The Kier molecular flexibility index (Phi) is 3.05. The Balaban J connectivity index is 2.46. The highest BCUT2D eigenvalue weighted by atomic mass is 16.3. The van der Waals surface area contributed by atoms with Gasteiger partial charge in [0.05, 0.1) is 6.10 Å². The number of hydrogen-bond donors (Lipinski definition) is 2. The second-order valence-corrected chi connectivity index (χ2v) is 3.26. The maximum atomic E-state index is 11.2. The summed E-state index contributed by atoms with van der Waals surface area (Å²) >= 11 is 0. The van der Waals surface area contributed by atoms with Gasteiger partial charge < -0.3 is 15.1 Å². The molecule has 0 radical (unpaired) electrons. The van der Waals surface area contributed by atoms with E-state index in [2.05, 4.69) is 0 Å². The summed E-state index contributed by atoms with van der Waals surface area (Å²) < 4.78 is 0. The molecule has 0 aromatic carbocycles. The maximum absolute atomic E-state index is 11.2. The summed E-state index contributed by atoms with van der Waals surface area (Å²) in [5.41, 5.74) is 0. The summed E-state index contributed by atoms with van der Waals surface area (Å²) in [6.45, 7) is 2.47. The minimum atomic E-state index is -0.949. The van der Waals surface area contributed by atoms with Gasteiger partial charge in [-0.25, -0.2) is 0 Å². The third kappa shape index (κ3) is 2.19. The first-order valence-electron chi connectivity index (χ1n) is 4.26. The Morgan fingerprint density at radius 3 is 2.83 bits per heavy atom. The first kappa shape index (κ1) is 9.48. The molecule has 0 spiro atoms. The monoisotopic (exact) mass is 173 g/mol. The van der Waals surface area contributed by atoms with E-state index in [0.29, 0.717) is 13.1 Å². The van der Waals surface area contributed by atoms with Crippen LogP contribution in [0.5, 0.6) is 0 Å². The number of piperidine rings is 1.